The molecule has 3 amide bonds. The molecule has 0 bridgehead atoms. The lowest BCUT2D eigenvalue weighted by molar-refractivity contribution is -0.156. The molecule has 1 saturated heterocycles. The van der Waals surface area contributed by atoms with E-state index < -0.39 is 17.4 Å². The molecule has 2 fully saturated rings. The molecule has 35 heavy (non-hydrogen) atoms. The van der Waals surface area contributed by atoms with Crippen molar-refractivity contribution in [3.63, 3.8) is 0 Å². The molecule has 0 spiro atoms. The molecule has 1 aromatic carbocycles. The van der Waals surface area contributed by atoms with Gasteiger partial charge in [0.25, 0.3) is 0 Å². The lowest BCUT2D eigenvalue weighted by Gasteiger charge is -2.39. The summed E-state index contributed by atoms with van der Waals surface area (Å²) in [7, 11) is 0. The van der Waals surface area contributed by atoms with Gasteiger partial charge in [0, 0.05) is 24.8 Å². The number of nitrogens with one attached hydrogen (secondary N) is 2. The second-order valence-electron chi connectivity index (χ2n) is 11.2. The number of piperidine rings is 1. The second kappa shape index (κ2) is 12.4. The summed E-state index contributed by atoms with van der Waals surface area (Å²) >= 11 is 0. The second-order valence-corrected chi connectivity index (χ2v) is 11.2. The number of nitrogens with zero attached hydrogens (tertiary/aromatic N) is 2. The Kier molecular flexibility index (Phi) is 9.55. The normalized spacial score (nSPS) is 19.1. The van der Waals surface area contributed by atoms with Crippen LogP contribution in [0, 0.1) is 17.3 Å². The van der Waals surface area contributed by atoms with Crippen molar-refractivity contribution in [1.82, 2.24) is 15.3 Å². The molecule has 194 valence electrons. The molecule has 8 heteroatoms. The van der Waals surface area contributed by atoms with Gasteiger partial charge in [0.05, 0.1) is 12.5 Å². The standard InChI is InChI=1S/C27H42N4O4/c1-27(2,3)24(29-25(33)21(18-31(35)19-32)17-20-9-7-8-10-20)26(34)30-15-13-23(14-16-30)28-22-11-5-4-6-12-22/h4-6,11-12,19-21,23-24,28,35H,7-10,13-18H2,1-3H3,(H,29,33)/t21-,24-/m1/s1. The molecule has 1 aromatic rings. The van der Waals surface area contributed by atoms with Crippen LogP contribution in [0.2, 0.25) is 0 Å². The van der Waals surface area contributed by atoms with E-state index in [0.717, 1.165) is 44.2 Å². The van der Waals surface area contributed by atoms with Crippen molar-refractivity contribution in [2.24, 2.45) is 17.3 Å². The summed E-state index contributed by atoms with van der Waals surface area (Å²) in [4.78, 5) is 39.8. The van der Waals surface area contributed by atoms with Crippen molar-refractivity contribution in [3.05, 3.63) is 30.3 Å². The van der Waals surface area contributed by atoms with E-state index in [1.165, 1.54) is 0 Å². The van der Waals surface area contributed by atoms with Crippen LogP contribution in [0.1, 0.15) is 65.7 Å². The molecule has 3 rings (SSSR count). The zero-order valence-corrected chi connectivity index (χ0v) is 21.4. The van der Waals surface area contributed by atoms with E-state index in [1.807, 2.05) is 56.0 Å². The molecule has 0 unspecified atom stereocenters. The highest BCUT2D eigenvalue weighted by Crippen LogP contribution is 2.31. The summed E-state index contributed by atoms with van der Waals surface area (Å²) in [6.07, 6.45) is 7.03. The van der Waals surface area contributed by atoms with E-state index in [4.69, 9.17) is 0 Å². The van der Waals surface area contributed by atoms with Gasteiger partial charge in [-0.15, -0.1) is 0 Å². The number of likely N-dealkylation sites (tertiary alicyclic amines) is 1. The summed E-state index contributed by atoms with van der Waals surface area (Å²) in [5.41, 5.74) is 0.603. The van der Waals surface area contributed by atoms with Gasteiger partial charge in [0.1, 0.15) is 6.04 Å². The summed E-state index contributed by atoms with van der Waals surface area (Å²) in [6.45, 7) is 7.06. The predicted octanol–water partition coefficient (Wildman–Crippen LogP) is 3.66. The Hall–Kier alpha value is -2.61. The minimum absolute atomic E-state index is 0.0621. The van der Waals surface area contributed by atoms with Gasteiger partial charge in [0.2, 0.25) is 18.2 Å². The van der Waals surface area contributed by atoms with Crippen LogP contribution >= 0.6 is 0 Å². The van der Waals surface area contributed by atoms with E-state index in [1.54, 1.807) is 0 Å². The van der Waals surface area contributed by atoms with Crippen molar-refractivity contribution in [2.45, 2.75) is 77.8 Å². The van der Waals surface area contributed by atoms with Gasteiger partial charge in [-0.1, -0.05) is 64.7 Å². The van der Waals surface area contributed by atoms with E-state index in [9.17, 15) is 19.6 Å². The number of amides is 3. The molecule has 0 aromatic heterocycles. The minimum atomic E-state index is -0.678. The first-order valence-corrected chi connectivity index (χ1v) is 13.0. The molecule has 0 radical (unpaired) electrons. The van der Waals surface area contributed by atoms with Crippen LogP contribution in [0.4, 0.5) is 5.69 Å². The Morgan fingerprint density at radius 2 is 1.74 bits per heavy atom. The zero-order valence-electron chi connectivity index (χ0n) is 21.4. The molecule has 1 aliphatic carbocycles. The fraction of sp³-hybridized carbons (Fsp3) is 0.667. The molecule has 3 N–H and O–H groups in total. The van der Waals surface area contributed by atoms with Crippen LogP contribution in [0.15, 0.2) is 30.3 Å². The molecule has 2 atom stereocenters. The average molecular weight is 487 g/mol. The zero-order chi connectivity index (χ0) is 25.4. The summed E-state index contributed by atoms with van der Waals surface area (Å²) in [6, 6.07) is 9.71. The highest BCUT2D eigenvalue weighted by molar-refractivity contribution is 5.89. The fourth-order valence-electron chi connectivity index (χ4n) is 5.29. The van der Waals surface area contributed by atoms with E-state index >= 15 is 0 Å². The highest BCUT2D eigenvalue weighted by Gasteiger charge is 2.38. The minimum Gasteiger partial charge on any atom is -0.382 e. The molecule has 1 heterocycles. The van der Waals surface area contributed by atoms with Gasteiger partial charge in [-0.05, 0) is 42.7 Å². The molecular formula is C27H42N4O4. The van der Waals surface area contributed by atoms with Crippen LogP contribution in [0.25, 0.3) is 0 Å². The van der Waals surface area contributed by atoms with Gasteiger partial charge in [0.15, 0.2) is 0 Å². The Labute approximate surface area is 209 Å². The lowest BCUT2D eigenvalue weighted by atomic mass is 9.84. The van der Waals surface area contributed by atoms with Gasteiger partial charge >= 0.3 is 0 Å². The van der Waals surface area contributed by atoms with Crippen LogP contribution in [0.5, 0.6) is 0 Å². The van der Waals surface area contributed by atoms with Gasteiger partial charge < -0.3 is 15.5 Å². The first-order chi connectivity index (χ1) is 16.7. The topological polar surface area (TPSA) is 102 Å². The highest BCUT2D eigenvalue weighted by atomic mass is 16.5. The van der Waals surface area contributed by atoms with Crippen molar-refractivity contribution >= 4 is 23.9 Å². The van der Waals surface area contributed by atoms with Crippen LogP contribution < -0.4 is 10.6 Å². The third-order valence-corrected chi connectivity index (χ3v) is 7.34. The number of carbonyl (C=O) groups is 3. The summed E-state index contributed by atoms with van der Waals surface area (Å²) < 4.78 is 0. The number of hydroxylamine groups is 2. The molecule has 1 saturated carbocycles. The van der Waals surface area contributed by atoms with Gasteiger partial charge in [-0.25, -0.2) is 5.06 Å². The SMILES string of the molecule is CC(C)(C)[C@H](NC(=O)[C@H](CC1CCCC1)CN(O)C=O)C(=O)N1CCC(Nc2ccccc2)CC1. The summed E-state index contributed by atoms with van der Waals surface area (Å²) in [5, 5.41) is 16.9. The quantitative estimate of drug-likeness (QED) is 0.266. The first-order valence-electron chi connectivity index (χ1n) is 13.0. The van der Waals surface area contributed by atoms with E-state index in [-0.39, 0.29) is 18.4 Å². The number of benzene rings is 1. The maximum absolute atomic E-state index is 13.6. The lowest BCUT2D eigenvalue weighted by Crippen LogP contribution is -2.58. The molecule has 1 aliphatic heterocycles. The average Bonchev–Trinajstić information content (AvgIpc) is 3.35. The Morgan fingerprint density at radius 3 is 2.31 bits per heavy atom. The number of carbonyl (C=O) groups excluding carboxylic acids is 3. The van der Waals surface area contributed by atoms with Crippen LogP contribution in [-0.2, 0) is 14.4 Å². The van der Waals surface area contributed by atoms with E-state index in [0.29, 0.717) is 42.9 Å². The predicted molar refractivity (Wildman–Crippen MR) is 136 cm³/mol. The summed E-state index contributed by atoms with van der Waals surface area (Å²) in [5.74, 6) is -0.482. The third kappa shape index (κ3) is 7.95. The van der Waals surface area contributed by atoms with Crippen LogP contribution in [-0.4, -0.2) is 65.1 Å². The number of rotatable bonds is 10. The third-order valence-electron chi connectivity index (χ3n) is 7.34. The number of anilines is 1. The van der Waals surface area contributed by atoms with Crippen molar-refractivity contribution in [1.29, 1.82) is 0 Å². The van der Waals surface area contributed by atoms with Crippen molar-refractivity contribution in [2.75, 3.05) is 25.0 Å². The van der Waals surface area contributed by atoms with Gasteiger partial charge in [-0.2, -0.15) is 0 Å². The molecule has 8 nitrogen and oxygen atoms in total. The first kappa shape index (κ1) is 27.0. The van der Waals surface area contributed by atoms with Crippen molar-refractivity contribution in [3.8, 4) is 0 Å². The maximum Gasteiger partial charge on any atom is 0.245 e. The fourth-order valence-corrected chi connectivity index (χ4v) is 5.29. The Morgan fingerprint density at radius 1 is 1.11 bits per heavy atom. The largest absolute Gasteiger partial charge is 0.382 e. The smallest absolute Gasteiger partial charge is 0.245 e. The number of para-hydroxylation sites is 1. The Bertz CT molecular complexity index is 827. The Balaban J connectivity index is 1.62. The van der Waals surface area contributed by atoms with Crippen LogP contribution in [0.3, 0.4) is 0 Å². The van der Waals surface area contributed by atoms with E-state index in [2.05, 4.69) is 10.6 Å². The maximum atomic E-state index is 13.6. The number of hydrogen-bond acceptors (Lipinski definition) is 5. The number of hydrogen-bond donors (Lipinski definition) is 3. The molecule has 2 aliphatic rings. The molecular weight excluding hydrogens is 444 g/mol. The van der Waals surface area contributed by atoms with Crippen molar-refractivity contribution < 1.29 is 19.6 Å². The van der Waals surface area contributed by atoms with Gasteiger partial charge in [-0.3, -0.25) is 19.6 Å². The monoisotopic (exact) mass is 486 g/mol.